The third-order valence-electron chi connectivity index (χ3n) is 8.22. The fourth-order valence-corrected chi connectivity index (χ4v) is 6.94. The molecule has 6 nitrogen and oxygen atoms in total. The predicted octanol–water partition coefficient (Wildman–Crippen LogP) is 5.32. The van der Waals surface area contributed by atoms with Crippen LogP contribution in [0.1, 0.15) is 76.8 Å². The summed E-state index contributed by atoms with van der Waals surface area (Å²) in [5.41, 5.74) is -3.06. The van der Waals surface area contributed by atoms with Crippen LogP contribution in [0, 0.1) is 17.2 Å². The maximum absolute atomic E-state index is 13.6. The van der Waals surface area contributed by atoms with Crippen molar-refractivity contribution in [3.05, 3.63) is 29.3 Å². The van der Waals surface area contributed by atoms with Gasteiger partial charge in [0, 0.05) is 24.4 Å². The number of carbonyl (C=O) groups excluding carboxylic acids is 1. The van der Waals surface area contributed by atoms with Crippen LogP contribution in [-0.2, 0) is 15.7 Å². The Kier molecular flexibility index (Phi) is 8.49. The highest BCUT2D eigenvalue weighted by Crippen LogP contribution is 2.43. The molecule has 2 heterocycles. The number of amides is 1. The molecule has 3 aliphatic rings. The second-order valence-electron chi connectivity index (χ2n) is 11.2. The number of nitriles is 1. The number of alkyl halides is 3. The molecule has 1 N–H and O–H groups in total. The van der Waals surface area contributed by atoms with Gasteiger partial charge in [0.05, 0.1) is 28.8 Å². The molecule has 0 spiro atoms. The minimum absolute atomic E-state index is 0.0667. The number of hydrogen-bond acceptors (Lipinski definition) is 6. The summed E-state index contributed by atoms with van der Waals surface area (Å²) in [7, 11) is 0. The Labute approximate surface area is 222 Å². The fourth-order valence-electron chi connectivity index (χ4n) is 6.22. The van der Waals surface area contributed by atoms with Crippen LogP contribution < -0.4 is 10.2 Å². The Hall–Kier alpha value is -1.80. The first kappa shape index (κ1) is 28.2. The van der Waals surface area contributed by atoms with Gasteiger partial charge < -0.3 is 10.1 Å². The number of halogens is 3. The second kappa shape index (κ2) is 11.1. The molecule has 37 heavy (non-hydrogen) atoms. The topological polar surface area (TPSA) is 68.6 Å². The van der Waals surface area contributed by atoms with Gasteiger partial charge in [-0.1, -0.05) is 0 Å². The van der Waals surface area contributed by atoms with Crippen LogP contribution >= 0.6 is 12.6 Å². The van der Waals surface area contributed by atoms with Gasteiger partial charge in [0.2, 0.25) is 5.91 Å². The van der Waals surface area contributed by atoms with E-state index in [1.807, 2.05) is 4.90 Å². The van der Waals surface area contributed by atoms with E-state index in [0.29, 0.717) is 12.0 Å². The zero-order valence-corrected chi connectivity index (χ0v) is 22.6. The van der Waals surface area contributed by atoms with Crippen molar-refractivity contribution in [2.45, 2.75) is 101 Å². The van der Waals surface area contributed by atoms with Crippen LogP contribution in [0.25, 0.3) is 0 Å². The predicted molar refractivity (Wildman–Crippen MR) is 139 cm³/mol. The first-order valence-electron chi connectivity index (χ1n) is 13.2. The lowest BCUT2D eigenvalue weighted by Crippen LogP contribution is -2.52. The van der Waals surface area contributed by atoms with Crippen LogP contribution in [0.5, 0.6) is 0 Å². The molecule has 1 aromatic rings. The zero-order chi connectivity index (χ0) is 27.0. The molecular formula is C27H37F3N4O2S. The van der Waals surface area contributed by atoms with Gasteiger partial charge in [0.15, 0.2) is 0 Å². The summed E-state index contributed by atoms with van der Waals surface area (Å²) in [4.78, 5) is 16.8. The number of anilines is 1. The first-order valence-corrected chi connectivity index (χ1v) is 13.7. The Bertz CT molecular complexity index is 1020. The molecule has 4 rings (SSSR count). The number of nitrogens with one attached hydrogen (secondary N) is 1. The molecule has 1 saturated carbocycles. The average molecular weight is 539 g/mol. The summed E-state index contributed by atoms with van der Waals surface area (Å²) in [6.07, 6.45) is 2.38. The largest absolute Gasteiger partial charge is 0.417 e. The molecule has 0 aromatic heterocycles. The highest BCUT2D eigenvalue weighted by atomic mass is 32.1. The summed E-state index contributed by atoms with van der Waals surface area (Å²) in [5, 5.41) is 12.6. The van der Waals surface area contributed by atoms with Gasteiger partial charge in [-0.2, -0.15) is 18.4 Å². The van der Waals surface area contributed by atoms with Crippen molar-refractivity contribution in [3.63, 3.8) is 0 Å². The standard InChI is InChI=1S/C27H37F3N4O2S/c1-17-14-18(10-12-32-17)11-13-36-22-8-6-20(7-9-22)34-25(37)33(24(35)26(34,2)3)21-5-4-19(16-31)23(15-21)27(28,29)30/h4-5,15,17-18,20,22,25,32,37H,6-14H2,1-3H3. The van der Waals surface area contributed by atoms with Crippen LogP contribution in [-0.4, -0.2) is 53.2 Å². The van der Waals surface area contributed by atoms with Crippen molar-refractivity contribution in [1.29, 1.82) is 5.26 Å². The lowest BCUT2D eigenvalue weighted by atomic mass is 9.89. The number of ether oxygens (including phenoxy) is 1. The van der Waals surface area contributed by atoms with Gasteiger partial charge in [0.25, 0.3) is 0 Å². The van der Waals surface area contributed by atoms with Crippen LogP contribution in [0.2, 0.25) is 0 Å². The molecule has 10 heteroatoms. The molecule has 204 valence electrons. The third kappa shape index (κ3) is 5.95. The minimum Gasteiger partial charge on any atom is -0.378 e. The van der Waals surface area contributed by atoms with Crippen molar-refractivity contribution in [1.82, 2.24) is 10.2 Å². The number of carbonyl (C=O) groups is 1. The van der Waals surface area contributed by atoms with Crippen molar-refractivity contribution in [3.8, 4) is 6.07 Å². The maximum Gasteiger partial charge on any atom is 0.417 e. The lowest BCUT2D eigenvalue weighted by Gasteiger charge is -2.41. The van der Waals surface area contributed by atoms with E-state index < -0.39 is 28.3 Å². The number of nitrogens with zero attached hydrogens (tertiary/aromatic N) is 3. The molecule has 2 saturated heterocycles. The van der Waals surface area contributed by atoms with Crippen LogP contribution in [0.4, 0.5) is 18.9 Å². The Morgan fingerprint density at radius 1 is 1.22 bits per heavy atom. The molecule has 1 aliphatic carbocycles. The number of rotatable bonds is 6. The highest BCUT2D eigenvalue weighted by molar-refractivity contribution is 7.81. The maximum atomic E-state index is 13.6. The Balaban J connectivity index is 1.40. The van der Waals surface area contributed by atoms with E-state index >= 15 is 0 Å². The molecule has 3 fully saturated rings. The van der Waals surface area contributed by atoms with E-state index in [2.05, 4.69) is 12.2 Å². The normalized spacial score (nSPS) is 30.9. The number of hydrogen-bond donors (Lipinski definition) is 2. The van der Waals surface area contributed by atoms with Gasteiger partial charge >= 0.3 is 6.18 Å². The van der Waals surface area contributed by atoms with Gasteiger partial charge in [-0.15, -0.1) is 12.6 Å². The van der Waals surface area contributed by atoms with E-state index in [1.54, 1.807) is 19.9 Å². The third-order valence-corrected chi connectivity index (χ3v) is 8.70. The number of benzene rings is 1. The Morgan fingerprint density at radius 3 is 2.54 bits per heavy atom. The lowest BCUT2D eigenvalue weighted by molar-refractivity contribution is -0.137. The van der Waals surface area contributed by atoms with Crippen molar-refractivity contribution in [2.75, 3.05) is 18.1 Å². The fraction of sp³-hybridized carbons (Fsp3) is 0.704. The molecular weight excluding hydrogens is 501 g/mol. The summed E-state index contributed by atoms with van der Waals surface area (Å²) in [6, 6.07) is 5.62. The van der Waals surface area contributed by atoms with E-state index in [0.717, 1.165) is 57.4 Å². The second-order valence-corrected chi connectivity index (χ2v) is 11.6. The van der Waals surface area contributed by atoms with E-state index in [4.69, 9.17) is 22.6 Å². The molecule has 0 radical (unpaired) electrons. The monoisotopic (exact) mass is 538 g/mol. The summed E-state index contributed by atoms with van der Waals surface area (Å²) < 4.78 is 46.9. The smallest absolute Gasteiger partial charge is 0.378 e. The van der Waals surface area contributed by atoms with Crippen molar-refractivity contribution in [2.24, 2.45) is 5.92 Å². The Morgan fingerprint density at radius 2 is 1.92 bits per heavy atom. The minimum atomic E-state index is -4.70. The first-order chi connectivity index (χ1) is 17.4. The SMILES string of the molecule is CC1CC(CCOC2CCC(N3C(S)N(c4ccc(C#N)c(C(F)(F)F)c4)C(=O)C3(C)C)CC2)CCN1. The molecule has 1 aromatic carbocycles. The molecule has 3 unspecified atom stereocenters. The van der Waals surface area contributed by atoms with Gasteiger partial charge in [-0.05, 0) is 96.4 Å². The quantitative estimate of drug-likeness (QED) is 0.480. The van der Waals surface area contributed by atoms with Crippen LogP contribution in [0.15, 0.2) is 18.2 Å². The van der Waals surface area contributed by atoms with Crippen LogP contribution in [0.3, 0.4) is 0 Å². The molecule has 3 atom stereocenters. The van der Waals surface area contributed by atoms with E-state index in [1.165, 1.54) is 23.8 Å². The van der Waals surface area contributed by atoms with Crippen molar-refractivity contribution < 1.29 is 22.7 Å². The summed E-state index contributed by atoms with van der Waals surface area (Å²) in [6.45, 7) is 7.67. The average Bonchev–Trinajstić information content (AvgIpc) is 3.02. The van der Waals surface area contributed by atoms with Gasteiger partial charge in [-0.25, -0.2) is 0 Å². The van der Waals surface area contributed by atoms with E-state index in [-0.39, 0.29) is 23.7 Å². The zero-order valence-electron chi connectivity index (χ0n) is 21.7. The van der Waals surface area contributed by atoms with Gasteiger partial charge in [-0.3, -0.25) is 14.6 Å². The summed E-state index contributed by atoms with van der Waals surface area (Å²) in [5.74, 6) is 0.403. The summed E-state index contributed by atoms with van der Waals surface area (Å²) >= 11 is 4.73. The van der Waals surface area contributed by atoms with Gasteiger partial charge in [0.1, 0.15) is 5.50 Å². The van der Waals surface area contributed by atoms with Crippen molar-refractivity contribution >= 4 is 24.2 Å². The molecule has 1 amide bonds. The van der Waals surface area contributed by atoms with E-state index in [9.17, 15) is 18.0 Å². The molecule has 2 aliphatic heterocycles. The highest BCUT2D eigenvalue weighted by Gasteiger charge is 2.54. The number of piperidine rings is 1. The number of thiol groups is 1. The molecule has 0 bridgehead atoms.